The van der Waals surface area contributed by atoms with Gasteiger partial charge in [0.2, 0.25) is 0 Å². The predicted octanol–water partition coefficient (Wildman–Crippen LogP) is 2.40. The number of amides is 1. The molecule has 1 aliphatic rings. The molecule has 1 aliphatic heterocycles. The molecule has 142 valence electrons. The third kappa shape index (κ3) is 3.48. The fourth-order valence-electron chi connectivity index (χ4n) is 3.35. The lowest BCUT2D eigenvalue weighted by atomic mass is 9.90. The summed E-state index contributed by atoms with van der Waals surface area (Å²) < 4.78 is 7.30. The van der Waals surface area contributed by atoms with Crippen LogP contribution in [0.25, 0.3) is 11.3 Å². The van der Waals surface area contributed by atoms with Crippen LogP contribution >= 0.6 is 0 Å². The molecule has 0 spiro atoms. The maximum Gasteiger partial charge on any atom is 0.322 e. The first kappa shape index (κ1) is 18.8. The molecule has 2 heterocycles. The van der Waals surface area contributed by atoms with Crippen molar-refractivity contribution in [1.82, 2.24) is 4.57 Å². The third-order valence-electron chi connectivity index (χ3n) is 4.73. The van der Waals surface area contributed by atoms with Crippen molar-refractivity contribution in [2.75, 3.05) is 13.2 Å². The number of carbonyl (C=O) groups is 1. The Morgan fingerprint density at radius 2 is 2.15 bits per heavy atom. The van der Waals surface area contributed by atoms with Gasteiger partial charge in [-0.25, -0.2) is 0 Å². The summed E-state index contributed by atoms with van der Waals surface area (Å²) in [5, 5.41) is 21.5. The highest BCUT2D eigenvalue weighted by molar-refractivity contribution is 5.94. The van der Waals surface area contributed by atoms with Crippen LogP contribution < -0.4 is 10.2 Å². The van der Waals surface area contributed by atoms with E-state index in [1.807, 2.05) is 6.92 Å². The number of aromatic hydroxyl groups is 1. The van der Waals surface area contributed by atoms with Crippen LogP contribution in [0.15, 0.2) is 34.4 Å². The van der Waals surface area contributed by atoms with Gasteiger partial charge in [-0.05, 0) is 30.5 Å². The van der Waals surface area contributed by atoms with Gasteiger partial charge in [0, 0.05) is 42.1 Å². The second-order valence-electron chi connectivity index (χ2n) is 6.41. The molecule has 1 unspecified atom stereocenters. The zero-order valence-corrected chi connectivity index (χ0v) is 14.8. The molecule has 0 saturated carbocycles. The number of pyridine rings is 1. The van der Waals surface area contributed by atoms with Crippen LogP contribution in [0.2, 0.25) is 0 Å². The number of hydrogen-bond donors (Lipinski definition) is 2. The molecule has 1 atom stereocenters. The average molecular weight is 372 g/mol. The van der Waals surface area contributed by atoms with E-state index in [9.17, 15) is 19.6 Å². The van der Waals surface area contributed by atoms with E-state index >= 15 is 0 Å². The summed E-state index contributed by atoms with van der Waals surface area (Å²) in [6.45, 7) is 2.26. The number of phenols is 1. The lowest BCUT2D eigenvalue weighted by Gasteiger charge is -2.30. The molecule has 1 aromatic heterocycles. The normalized spacial score (nSPS) is 15.0. The molecule has 1 amide bonds. The van der Waals surface area contributed by atoms with Gasteiger partial charge in [0.25, 0.3) is 0 Å². The summed E-state index contributed by atoms with van der Waals surface area (Å²) in [7, 11) is 0. The highest BCUT2D eigenvalue weighted by Crippen LogP contribution is 2.41. The Bertz CT molecular complexity index is 950. The molecular formula is C19H20N2O6. The smallest absolute Gasteiger partial charge is 0.322 e. The largest absolute Gasteiger partial charge is 0.504 e. The van der Waals surface area contributed by atoms with E-state index in [1.54, 1.807) is 10.6 Å². The van der Waals surface area contributed by atoms with Gasteiger partial charge < -0.3 is 19.5 Å². The molecule has 27 heavy (non-hydrogen) atoms. The maximum atomic E-state index is 12.3. The molecule has 1 aromatic carbocycles. The monoisotopic (exact) mass is 372 g/mol. The molecule has 0 aliphatic carbocycles. The molecule has 0 radical (unpaired) electrons. The minimum atomic E-state index is -1.09. The summed E-state index contributed by atoms with van der Waals surface area (Å²) in [6.07, 6.45) is 3.18. The van der Waals surface area contributed by atoms with E-state index in [1.165, 1.54) is 18.3 Å². The summed E-state index contributed by atoms with van der Waals surface area (Å²) >= 11 is 0. The number of fused-ring (bicyclic) bond motifs is 3. The number of aromatic nitrogens is 1. The lowest BCUT2D eigenvalue weighted by Crippen LogP contribution is -2.25. The van der Waals surface area contributed by atoms with E-state index in [0.29, 0.717) is 29.8 Å². The number of ether oxygens (including phenoxy) is 1. The molecule has 0 bridgehead atoms. The molecule has 0 saturated heterocycles. The van der Waals surface area contributed by atoms with E-state index in [2.05, 4.69) is 5.18 Å². The van der Waals surface area contributed by atoms with Gasteiger partial charge in [-0.2, -0.15) is 0 Å². The number of hydrogen-bond acceptors (Lipinski definition) is 6. The van der Waals surface area contributed by atoms with Crippen LogP contribution in [0, 0.1) is 4.91 Å². The Kier molecular flexibility index (Phi) is 5.36. The fourth-order valence-corrected chi connectivity index (χ4v) is 3.35. The quantitative estimate of drug-likeness (QED) is 0.594. The van der Waals surface area contributed by atoms with Crippen LogP contribution in [0.1, 0.15) is 41.7 Å². The number of rotatable bonds is 6. The molecule has 3 rings (SSSR count). The highest BCUT2D eigenvalue weighted by atomic mass is 16.5. The number of nitrogens with zero attached hydrogens (tertiary/aromatic N) is 2. The Morgan fingerprint density at radius 3 is 2.81 bits per heavy atom. The number of aliphatic hydroxyl groups excluding tert-OH is 1. The van der Waals surface area contributed by atoms with Crippen LogP contribution in [0.5, 0.6) is 11.5 Å². The molecular weight excluding hydrogens is 352 g/mol. The van der Waals surface area contributed by atoms with Crippen LogP contribution in [-0.2, 0) is 6.42 Å². The highest BCUT2D eigenvalue weighted by Gasteiger charge is 2.26. The zero-order chi connectivity index (χ0) is 19.6. The Labute approximate surface area is 155 Å². The zero-order valence-electron chi connectivity index (χ0n) is 14.8. The summed E-state index contributed by atoms with van der Waals surface area (Å²) in [6, 6.07) is 4.54. The van der Waals surface area contributed by atoms with Crippen LogP contribution in [-0.4, -0.2) is 33.9 Å². The molecule has 2 aromatic rings. The van der Waals surface area contributed by atoms with Gasteiger partial charge in [-0.3, -0.25) is 9.59 Å². The van der Waals surface area contributed by atoms with Gasteiger partial charge in [0.05, 0.1) is 12.3 Å². The SMILES string of the molecule is CCC1Cc2cc(OCCCO)c(O)cc2-c2cc(=O)c(C(=O)N=O)cn21. The van der Waals surface area contributed by atoms with Gasteiger partial charge in [-0.1, -0.05) is 6.92 Å². The van der Waals surface area contributed by atoms with Crippen molar-refractivity contribution < 1.29 is 19.7 Å². The third-order valence-corrected chi connectivity index (χ3v) is 4.73. The van der Waals surface area contributed by atoms with Gasteiger partial charge >= 0.3 is 5.91 Å². The predicted molar refractivity (Wildman–Crippen MR) is 98.2 cm³/mol. The van der Waals surface area contributed by atoms with E-state index < -0.39 is 11.3 Å². The fraction of sp³-hybridized carbons (Fsp3) is 0.368. The first-order valence-corrected chi connectivity index (χ1v) is 8.73. The summed E-state index contributed by atoms with van der Waals surface area (Å²) in [5.41, 5.74) is 1.29. The van der Waals surface area contributed by atoms with Crippen molar-refractivity contribution in [3.05, 3.63) is 50.7 Å². The first-order chi connectivity index (χ1) is 13.0. The standard InChI is InChI=1S/C19H20N2O6/c1-2-12-6-11-7-18(27-5-3-4-22)17(24)8-13(11)15-9-16(23)14(10-21(12)15)19(25)20-26/h7-10,12,22,24H,2-6H2,1H3. The van der Waals surface area contributed by atoms with Gasteiger partial charge in [0.15, 0.2) is 16.9 Å². The summed E-state index contributed by atoms with van der Waals surface area (Å²) in [5.74, 6) is -0.841. The van der Waals surface area contributed by atoms with E-state index in [4.69, 9.17) is 9.84 Å². The first-order valence-electron chi connectivity index (χ1n) is 8.73. The van der Waals surface area contributed by atoms with E-state index in [-0.39, 0.29) is 30.6 Å². The van der Waals surface area contributed by atoms with Crippen molar-refractivity contribution in [3.8, 4) is 22.8 Å². The van der Waals surface area contributed by atoms with Crippen LogP contribution in [0.3, 0.4) is 0 Å². The van der Waals surface area contributed by atoms with Crippen molar-refractivity contribution in [3.63, 3.8) is 0 Å². The number of carbonyl (C=O) groups excluding carboxylic acids is 1. The maximum absolute atomic E-state index is 12.3. The Morgan fingerprint density at radius 1 is 1.37 bits per heavy atom. The topological polar surface area (TPSA) is 118 Å². The van der Waals surface area contributed by atoms with Crippen molar-refractivity contribution in [2.45, 2.75) is 32.2 Å². The molecule has 8 heteroatoms. The second-order valence-corrected chi connectivity index (χ2v) is 6.41. The Hall–Kier alpha value is -3.00. The number of benzene rings is 1. The molecule has 2 N–H and O–H groups in total. The van der Waals surface area contributed by atoms with Crippen LogP contribution in [0.4, 0.5) is 0 Å². The number of nitroso groups, excluding NO2 is 1. The minimum absolute atomic E-state index is 0.00337. The van der Waals surface area contributed by atoms with Gasteiger partial charge in [-0.15, -0.1) is 4.91 Å². The van der Waals surface area contributed by atoms with Crippen molar-refractivity contribution >= 4 is 5.91 Å². The minimum Gasteiger partial charge on any atom is -0.504 e. The van der Waals surface area contributed by atoms with Crippen molar-refractivity contribution in [2.24, 2.45) is 5.18 Å². The molecule has 0 fully saturated rings. The summed E-state index contributed by atoms with van der Waals surface area (Å²) in [4.78, 5) is 34.5. The Balaban J connectivity index is 2.11. The lowest BCUT2D eigenvalue weighted by molar-refractivity contribution is 0.0999. The molecule has 8 nitrogen and oxygen atoms in total. The average Bonchev–Trinajstić information content (AvgIpc) is 2.67. The second kappa shape index (κ2) is 7.71. The van der Waals surface area contributed by atoms with Crippen molar-refractivity contribution in [1.29, 1.82) is 0 Å². The van der Waals surface area contributed by atoms with E-state index in [0.717, 1.165) is 12.0 Å². The number of aliphatic hydroxyl groups is 1. The van der Waals surface area contributed by atoms with Gasteiger partial charge in [0.1, 0.15) is 5.56 Å². The number of phenolic OH excluding ortho intramolecular Hbond substituents is 1.